The number of amides is 1. The summed E-state index contributed by atoms with van der Waals surface area (Å²) in [6.07, 6.45) is 4.95. The zero-order valence-electron chi connectivity index (χ0n) is 13.8. The number of nitrogens with zero attached hydrogens (tertiary/aromatic N) is 2. The van der Waals surface area contributed by atoms with E-state index in [4.69, 9.17) is 5.73 Å². The SMILES string of the molecule is CC(C)Cc1c(N)ccc(C#N)c1C1=CC(=O)N(CC2CC2)C1. The molecule has 1 aromatic carbocycles. The van der Waals surface area contributed by atoms with Crippen molar-refractivity contribution in [2.45, 2.75) is 33.1 Å². The Morgan fingerprint density at radius 2 is 2.13 bits per heavy atom. The van der Waals surface area contributed by atoms with Crippen LogP contribution in [0.25, 0.3) is 5.57 Å². The van der Waals surface area contributed by atoms with Crippen LogP contribution in [0.5, 0.6) is 0 Å². The number of nitriles is 1. The smallest absolute Gasteiger partial charge is 0.247 e. The van der Waals surface area contributed by atoms with E-state index in [0.717, 1.165) is 29.7 Å². The summed E-state index contributed by atoms with van der Waals surface area (Å²) >= 11 is 0. The van der Waals surface area contributed by atoms with Gasteiger partial charge in [0.1, 0.15) is 0 Å². The minimum absolute atomic E-state index is 0.0636. The second kappa shape index (κ2) is 6.08. The lowest BCUT2D eigenvalue weighted by molar-refractivity contribution is -0.124. The fourth-order valence-electron chi connectivity index (χ4n) is 3.24. The fourth-order valence-corrected chi connectivity index (χ4v) is 3.24. The highest BCUT2D eigenvalue weighted by atomic mass is 16.2. The Balaban J connectivity index is 1.97. The van der Waals surface area contributed by atoms with E-state index in [-0.39, 0.29) is 5.91 Å². The first-order valence-electron chi connectivity index (χ1n) is 8.31. The van der Waals surface area contributed by atoms with Crippen LogP contribution in [0.2, 0.25) is 0 Å². The molecule has 2 N–H and O–H groups in total. The molecule has 0 radical (unpaired) electrons. The van der Waals surface area contributed by atoms with Crippen LogP contribution in [0.1, 0.15) is 43.4 Å². The summed E-state index contributed by atoms with van der Waals surface area (Å²) < 4.78 is 0. The molecule has 0 atom stereocenters. The number of rotatable bonds is 5. The molecular formula is C19H23N3O. The van der Waals surface area contributed by atoms with Crippen molar-refractivity contribution in [3.63, 3.8) is 0 Å². The van der Waals surface area contributed by atoms with Crippen LogP contribution in [0.4, 0.5) is 5.69 Å². The minimum Gasteiger partial charge on any atom is -0.398 e. The summed E-state index contributed by atoms with van der Waals surface area (Å²) in [5.74, 6) is 1.16. The maximum absolute atomic E-state index is 12.3. The van der Waals surface area contributed by atoms with Gasteiger partial charge in [0.2, 0.25) is 5.91 Å². The Labute approximate surface area is 137 Å². The highest BCUT2D eigenvalue weighted by Gasteiger charge is 2.31. The Hall–Kier alpha value is -2.28. The normalized spacial score (nSPS) is 17.6. The molecule has 0 aromatic heterocycles. The summed E-state index contributed by atoms with van der Waals surface area (Å²) in [6.45, 7) is 5.70. The van der Waals surface area contributed by atoms with Crippen molar-refractivity contribution < 1.29 is 4.79 Å². The number of anilines is 1. The van der Waals surface area contributed by atoms with Gasteiger partial charge in [-0.1, -0.05) is 13.8 Å². The molecule has 0 spiro atoms. The third kappa shape index (κ3) is 3.24. The number of hydrogen-bond acceptors (Lipinski definition) is 3. The monoisotopic (exact) mass is 309 g/mol. The van der Waals surface area contributed by atoms with E-state index in [1.165, 1.54) is 12.8 Å². The minimum atomic E-state index is 0.0636. The molecule has 3 rings (SSSR count). The number of hydrogen-bond donors (Lipinski definition) is 1. The van der Waals surface area contributed by atoms with Crippen molar-refractivity contribution >= 4 is 17.2 Å². The summed E-state index contributed by atoms with van der Waals surface area (Å²) in [7, 11) is 0. The average Bonchev–Trinajstić information content (AvgIpc) is 3.24. The Kier molecular flexibility index (Phi) is 4.12. The van der Waals surface area contributed by atoms with Gasteiger partial charge in [0.05, 0.1) is 11.6 Å². The molecule has 4 nitrogen and oxygen atoms in total. The number of nitrogens with two attached hydrogens (primary N) is 1. The molecule has 0 saturated heterocycles. The van der Waals surface area contributed by atoms with Crippen LogP contribution in [0.15, 0.2) is 18.2 Å². The van der Waals surface area contributed by atoms with E-state index < -0.39 is 0 Å². The molecule has 1 fully saturated rings. The zero-order chi connectivity index (χ0) is 16.6. The lowest BCUT2D eigenvalue weighted by atomic mass is 9.89. The van der Waals surface area contributed by atoms with Crippen molar-refractivity contribution in [1.29, 1.82) is 5.26 Å². The van der Waals surface area contributed by atoms with Gasteiger partial charge in [-0.25, -0.2) is 0 Å². The molecule has 1 aliphatic heterocycles. The van der Waals surface area contributed by atoms with Crippen LogP contribution in [-0.2, 0) is 11.2 Å². The summed E-state index contributed by atoms with van der Waals surface area (Å²) in [4.78, 5) is 14.2. The Morgan fingerprint density at radius 1 is 1.39 bits per heavy atom. The van der Waals surface area contributed by atoms with Gasteiger partial charge in [0, 0.05) is 30.4 Å². The molecule has 1 aliphatic carbocycles. The molecule has 0 bridgehead atoms. The lowest BCUT2D eigenvalue weighted by Gasteiger charge is -2.19. The van der Waals surface area contributed by atoms with E-state index in [1.54, 1.807) is 18.2 Å². The van der Waals surface area contributed by atoms with E-state index in [0.29, 0.717) is 29.6 Å². The second-order valence-electron chi connectivity index (χ2n) is 7.10. The molecule has 2 aliphatic rings. The maximum atomic E-state index is 12.3. The second-order valence-corrected chi connectivity index (χ2v) is 7.10. The standard InChI is InChI=1S/C19H23N3O/c1-12(2)7-16-17(21)6-5-14(9-20)19(16)15-8-18(23)22(11-15)10-13-3-4-13/h5-6,8,12-13H,3-4,7,10-11,21H2,1-2H3. The van der Waals surface area contributed by atoms with Crippen molar-refractivity contribution in [3.05, 3.63) is 34.9 Å². The number of nitrogen functional groups attached to an aromatic ring is 1. The van der Waals surface area contributed by atoms with Gasteiger partial charge in [-0.05, 0) is 54.4 Å². The average molecular weight is 309 g/mol. The third-order valence-corrected chi connectivity index (χ3v) is 4.55. The number of carbonyl (C=O) groups is 1. The van der Waals surface area contributed by atoms with Gasteiger partial charge in [-0.3, -0.25) is 4.79 Å². The summed E-state index contributed by atoms with van der Waals surface area (Å²) in [6, 6.07) is 5.84. The van der Waals surface area contributed by atoms with Crippen LogP contribution < -0.4 is 5.73 Å². The lowest BCUT2D eigenvalue weighted by Crippen LogP contribution is -2.28. The largest absolute Gasteiger partial charge is 0.398 e. The highest BCUT2D eigenvalue weighted by molar-refractivity contribution is 6.02. The molecule has 4 heteroatoms. The molecule has 1 saturated carbocycles. The molecule has 23 heavy (non-hydrogen) atoms. The molecule has 1 aromatic rings. The Morgan fingerprint density at radius 3 is 2.74 bits per heavy atom. The van der Waals surface area contributed by atoms with Gasteiger partial charge in [-0.15, -0.1) is 0 Å². The van der Waals surface area contributed by atoms with E-state index >= 15 is 0 Å². The molecular weight excluding hydrogens is 286 g/mol. The quantitative estimate of drug-likeness (QED) is 0.850. The van der Waals surface area contributed by atoms with Gasteiger partial charge < -0.3 is 10.6 Å². The van der Waals surface area contributed by atoms with Crippen molar-refractivity contribution in [2.24, 2.45) is 11.8 Å². The number of benzene rings is 1. The van der Waals surface area contributed by atoms with Crippen LogP contribution in [-0.4, -0.2) is 23.9 Å². The summed E-state index contributed by atoms with van der Waals surface area (Å²) in [5, 5.41) is 9.50. The molecule has 120 valence electrons. The predicted molar refractivity (Wildman–Crippen MR) is 91.4 cm³/mol. The highest BCUT2D eigenvalue weighted by Crippen LogP contribution is 2.35. The topological polar surface area (TPSA) is 70.1 Å². The van der Waals surface area contributed by atoms with E-state index in [2.05, 4.69) is 19.9 Å². The summed E-state index contributed by atoms with van der Waals surface area (Å²) in [5.41, 5.74) is 10.3. The number of carbonyl (C=O) groups excluding carboxylic acids is 1. The van der Waals surface area contributed by atoms with Crippen molar-refractivity contribution in [2.75, 3.05) is 18.8 Å². The van der Waals surface area contributed by atoms with Gasteiger partial charge in [0.15, 0.2) is 0 Å². The van der Waals surface area contributed by atoms with Gasteiger partial charge >= 0.3 is 0 Å². The van der Waals surface area contributed by atoms with Crippen molar-refractivity contribution in [1.82, 2.24) is 4.90 Å². The van der Waals surface area contributed by atoms with Gasteiger partial charge in [0.25, 0.3) is 0 Å². The first kappa shape index (κ1) is 15.6. The first-order chi connectivity index (χ1) is 11.0. The molecule has 0 unspecified atom stereocenters. The van der Waals surface area contributed by atoms with Crippen LogP contribution >= 0.6 is 0 Å². The van der Waals surface area contributed by atoms with Crippen LogP contribution in [0, 0.1) is 23.2 Å². The maximum Gasteiger partial charge on any atom is 0.247 e. The molecule has 1 amide bonds. The third-order valence-electron chi connectivity index (χ3n) is 4.55. The predicted octanol–water partition coefficient (Wildman–Crippen LogP) is 2.97. The van der Waals surface area contributed by atoms with E-state index in [9.17, 15) is 10.1 Å². The van der Waals surface area contributed by atoms with Crippen LogP contribution in [0.3, 0.4) is 0 Å². The van der Waals surface area contributed by atoms with E-state index in [1.807, 2.05) is 4.90 Å². The van der Waals surface area contributed by atoms with Gasteiger partial charge in [-0.2, -0.15) is 5.26 Å². The zero-order valence-corrected chi connectivity index (χ0v) is 13.8. The first-order valence-corrected chi connectivity index (χ1v) is 8.31. The van der Waals surface area contributed by atoms with Crippen molar-refractivity contribution in [3.8, 4) is 6.07 Å². The molecule has 1 heterocycles. The fraction of sp³-hybridized carbons (Fsp3) is 0.474. The Bertz CT molecular complexity index is 708.